The molecule has 9 heavy (non-hydrogen) atoms. The highest BCUT2D eigenvalue weighted by Gasteiger charge is 2.20. The van der Waals surface area contributed by atoms with E-state index in [2.05, 4.69) is 7.05 Å². The first-order valence-electron chi connectivity index (χ1n) is 2.89. The minimum Gasteiger partial charge on any atom is -0.311 e. The second-order valence-corrected chi connectivity index (χ2v) is 3.29. The Labute approximate surface area is 59.0 Å². The zero-order chi connectivity index (χ0) is 6.85. The van der Waals surface area contributed by atoms with Gasteiger partial charge in [0.05, 0.1) is 7.05 Å². The number of nitrogens with one attached hydrogen (secondary N) is 1. The predicted octanol–water partition coefficient (Wildman–Crippen LogP) is -0.785. The minimum absolute atomic E-state index is 0.195. The molecule has 1 atom stereocenters. The van der Waals surface area contributed by atoms with Gasteiger partial charge in [0.15, 0.2) is 6.67 Å². The summed E-state index contributed by atoms with van der Waals surface area (Å²) in [6.45, 7) is 0.839. The molecule has 0 aromatic rings. The molecule has 1 unspecified atom stereocenters. The summed E-state index contributed by atoms with van der Waals surface area (Å²) in [6, 6.07) is 0. The number of nitrogens with zero attached hydrogens (tertiary/aromatic N) is 1. The molecule has 0 spiro atoms. The van der Waals surface area contributed by atoms with E-state index in [0.29, 0.717) is 0 Å². The van der Waals surface area contributed by atoms with Gasteiger partial charge >= 0.3 is 0 Å². The molecule has 0 radical (unpaired) electrons. The topological polar surface area (TPSA) is 24.8 Å². The first-order valence-corrected chi connectivity index (χ1v) is 3.88. The van der Waals surface area contributed by atoms with E-state index in [0.717, 1.165) is 12.5 Å². The maximum absolute atomic E-state index is 10.8. The number of hydrogen-bond donors (Lipinski definition) is 1. The van der Waals surface area contributed by atoms with Crippen LogP contribution < -0.4 is 4.90 Å². The first-order chi connectivity index (χ1) is 4.20. The van der Waals surface area contributed by atoms with Crippen LogP contribution >= 0.6 is 11.8 Å². The van der Waals surface area contributed by atoms with Crippen LogP contribution in [-0.2, 0) is 0 Å². The Balaban J connectivity index is 2.44. The average Bonchev–Trinajstić information content (AvgIpc) is 1.80. The Hall–Kier alpha value is -0.220. The van der Waals surface area contributed by atoms with E-state index in [1.807, 2.05) is 7.05 Å². The minimum atomic E-state index is 0.195. The summed E-state index contributed by atoms with van der Waals surface area (Å²) in [7, 11) is 3.91. The van der Waals surface area contributed by atoms with Crippen molar-refractivity contribution in [2.45, 2.75) is 0 Å². The Morgan fingerprint density at radius 3 is 2.89 bits per heavy atom. The molecule has 0 saturated carbocycles. The van der Waals surface area contributed by atoms with Crippen molar-refractivity contribution in [1.82, 2.24) is 4.90 Å². The number of carbonyl (C=O) groups is 1. The van der Waals surface area contributed by atoms with Crippen LogP contribution in [0.3, 0.4) is 0 Å². The second-order valence-electron chi connectivity index (χ2n) is 2.37. The number of amides is 1. The van der Waals surface area contributed by atoms with Gasteiger partial charge in [0, 0.05) is 7.05 Å². The highest BCUT2D eigenvalue weighted by atomic mass is 32.2. The summed E-state index contributed by atoms with van der Waals surface area (Å²) in [5, 5.41) is 0.195. The standard InChI is InChI=1S/C5H10N2OS/c1-6-3-7(2)5(8)9-4-6/h3-4H2,1-2H3/p+1. The Morgan fingerprint density at radius 2 is 2.44 bits per heavy atom. The summed E-state index contributed by atoms with van der Waals surface area (Å²) in [5.41, 5.74) is 0. The summed E-state index contributed by atoms with van der Waals surface area (Å²) in [4.78, 5) is 13.9. The van der Waals surface area contributed by atoms with E-state index in [-0.39, 0.29) is 5.24 Å². The van der Waals surface area contributed by atoms with Crippen LogP contribution in [0.15, 0.2) is 0 Å². The van der Waals surface area contributed by atoms with Crippen molar-refractivity contribution in [2.75, 3.05) is 26.6 Å². The largest absolute Gasteiger partial charge is 0.311 e. The molecule has 1 saturated heterocycles. The maximum Gasteiger partial charge on any atom is 0.290 e. The normalized spacial score (nSPS) is 28.9. The van der Waals surface area contributed by atoms with Crippen LogP contribution in [-0.4, -0.2) is 36.8 Å². The van der Waals surface area contributed by atoms with Crippen molar-refractivity contribution in [3.05, 3.63) is 0 Å². The first kappa shape index (κ1) is 6.89. The fourth-order valence-electron chi connectivity index (χ4n) is 0.810. The van der Waals surface area contributed by atoms with Crippen LogP contribution in [0.1, 0.15) is 0 Å². The van der Waals surface area contributed by atoms with Gasteiger partial charge in [-0.15, -0.1) is 0 Å². The van der Waals surface area contributed by atoms with Crippen molar-refractivity contribution in [1.29, 1.82) is 0 Å². The molecule has 3 nitrogen and oxygen atoms in total. The van der Waals surface area contributed by atoms with Gasteiger partial charge in [-0.3, -0.25) is 9.69 Å². The summed E-state index contributed by atoms with van der Waals surface area (Å²) in [6.07, 6.45) is 0. The fraction of sp³-hybridized carbons (Fsp3) is 0.800. The molecule has 0 bridgehead atoms. The summed E-state index contributed by atoms with van der Waals surface area (Å²) in [5.74, 6) is 0.906. The van der Waals surface area contributed by atoms with Crippen molar-refractivity contribution in [3.63, 3.8) is 0 Å². The molecule has 4 heteroatoms. The average molecular weight is 147 g/mol. The number of hydrogen-bond acceptors (Lipinski definition) is 2. The van der Waals surface area contributed by atoms with Crippen molar-refractivity contribution in [2.24, 2.45) is 0 Å². The van der Waals surface area contributed by atoms with Gasteiger partial charge in [-0.25, -0.2) is 0 Å². The molecule has 1 aliphatic rings. The van der Waals surface area contributed by atoms with E-state index in [1.54, 1.807) is 4.90 Å². The summed E-state index contributed by atoms with van der Waals surface area (Å²) >= 11 is 1.38. The Morgan fingerprint density at radius 1 is 1.78 bits per heavy atom. The van der Waals surface area contributed by atoms with Gasteiger partial charge in [-0.2, -0.15) is 0 Å². The van der Waals surface area contributed by atoms with Crippen LogP contribution in [0.4, 0.5) is 4.79 Å². The van der Waals surface area contributed by atoms with Gasteiger partial charge in [-0.1, -0.05) is 0 Å². The highest BCUT2D eigenvalue weighted by Crippen LogP contribution is 2.04. The number of thioether (sulfide) groups is 1. The lowest BCUT2D eigenvalue weighted by Gasteiger charge is -2.25. The SMILES string of the molecule is CN1C[NH+](C)CSC1=O. The molecule has 1 N–H and O–H groups in total. The van der Waals surface area contributed by atoms with Crippen LogP contribution in [0.2, 0.25) is 0 Å². The van der Waals surface area contributed by atoms with Gasteiger partial charge in [0.25, 0.3) is 5.24 Å². The lowest BCUT2D eigenvalue weighted by Crippen LogP contribution is -3.11. The van der Waals surface area contributed by atoms with Crippen LogP contribution in [0.25, 0.3) is 0 Å². The molecule has 1 rings (SSSR count). The number of quaternary nitrogens is 1. The maximum atomic E-state index is 10.8. The second kappa shape index (κ2) is 2.58. The Bertz CT molecular complexity index is 128. The third-order valence-electron chi connectivity index (χ3n) is 1.26. The zero-order valence-corrected chi connectivity index (χ0v) is 6.49. The van der Waals surface area contributed by atoms with Crippen molar-refractivity contribution >= 4 is 17.0 Å². The molecule has 0 aromatic heterocycles. The molecule has 52 valence electrons. The molecule has 1 aliphatic heterocycles. The third-order valence-corrected chi connectivity index (χ3v) is 2.46. The quantitative estimate of drug-likeness (QED) is 0.486. The van der Waals surface area contributed by atoms with Crippen LogP contribution in [0.5, 0.6) is 0 Å². The van der Waals surface area contributed by atoms with E-state index < -0.39 is 0 Å². The zero-order valence-electron chi connectivity index (χ0n) is 5.68. The molecule has 1 amide bonds. The fourth-order valence-corrected chi connectivity index (χ4v) is 1.56. The molecule has 1 heterocycles. The highest BCUT2D eigenvalue weighted by molar-refractivity contribution is 8.13. The number of rotatable bonds is 0. The van der Waals surface area contributed by atoms with Gasteiger partial charge in [0.1, 0.15) is 5.88 Å². The van der Waals surface area contributed by atoms with Crippen molar-refractivity contribution in [3.8, 4) is 0 Å². The monoisotopic (exact) mass is 147 g/mol. The lowest BCUT2D eigenvalue weighted by atomic mass is 10.7. The molecular formula is C5H11N2OS+. The molecule has 0 aliphatic carbocycles. The van der Waals surface area contributed by atoms with Gasteiger partial charge < -0.3 is 4.90 Å². The van der Waals surface area contributed by atoms with Gasteiger partial charge in [-0.05, 0) is 11.8 Å². The van der Waals surface area contributed by atoms with E-state index in [1.165, 1.54) is 16.7 Å². The van der Waals surface area contributed by atoms with Crippen molar-refractivity contribution < 1.29 is 9.69 Å². The molecular weight excluding hydrogens is 136 g/mol. The molecule has 1 fully saturated rings. The van der Waals surface area contributed by atoms with Crippen LogP contribution in [0, 0.1) is 0 Å². The van der Waals surface area contributed by atoms with E-state index in [9.17, 15) is 4.79 Å². The van der Waals surface area contributed by atoms with Gasteiger partial charge in [0.2, 0.25) is 0 Å². The number of carbonyl (C=O) groups excluding carboxylic acids is 1. The van der Waals surface area contributed by atoms with E-state index in [4.69, 9.17) is 0 Å². The third kappa shape index (κ3) is 1.59. The Kier molecular flexibility index (Phi) is 1.97. The summed E-state index contributed by atoms with van der Waals surface area (Å²) < 4.78 is 0. The lowest BCUT2D eigenvalue weighted by molar-refractivity contribution is -0.876. The molecule has 0 aromatic carbocycles. The van der Waals surface area contributed by atoms with E-state index >= 15 is 0 Å². The smallest absolute Gasteiger partial charge is 0.290 e. The predicted molar refractivity (Wildman–Crippen MR) is 37.4 cm³/mol.